The van der Waals surface area contributed by atoms with E-state index >= 15 is 0 Å². The van der Waals surface area contributed by atoms with Gasteiger partial charge in [0, 0.05) is 11.1 Å². The zero-order valence-corrected chi connectivity index (χ0v) is 24.2. The summed E-state index contributed by atoms with van der Waals surface area (Å²) in [4.78, 5) is 14.6. The van der Waals surface area contributed by atoms with Crippen molar-refractivity contribution in [3.05, 3.63) is 174 Å². The molecule has 1 heterocycles. The highest BCUT2D eigenvalue weighted by atomic mass is 15.0. The number of nitrogens with zero attached hydrogens (tertiary/aromatic N) is 3. The average Bonchev–Trinajstić information content (AvgIpc) is 3.56. The van der Waals surface area contributed by atoms with Gasteiger partial charge in [0.25, 0.3) is 0 Å². The van der Waals surface area contributed by atoms with Crippen LogP contribution in [-0.4, -0.2) is 15.0 Å². The molecule has 0 bridgehead atoms. The minimum atomic E-state index is -0.396. The number of fused-ring (bicyclic) bond motifs is 10. The van der Waals surface area contributed by atoms with Crippen molar-refractivity contribution in [2.24, 2.45) is 0 Å². The van der Waals surface area contributed by atoms with Crippen LogP contribution in [0.4, 0.5) is 0 Å². The van der Waals surface area contributed by atoms with Crippen molar-refractivity contribution in [2.75, 3.05) is 0 Å². The lowest BCUT2D eigenvalue weighted by Crippen LogP contribution is -2.25. The third-order valence-electron chi connectivity index (χ3n) is 9.25. The molecular weight excluding hydrogens is 534 g/mol. The van der Waals surface area contributed by atoms with Crippen LogP contribution in [0.1, 0.15) is 28.1 Å². The zero-order chi connectivity index (χ0) is 29.3. The Bertz CT molecular complexity index is 2170. The Morgan fingerprint density at radius 3 is 1.39 bits per heavy atom. The summed E-state index contributed by atoms with van der Waals surface area (Å²) in [6.07, 6.45) is 0. The van der Waals surface area contributed by atoms with Crippen molar-refractivity contribution in [3.8, 4) is 56.2 Å². The Morgan fingerprint density at radius 2 is 0.795 bits per heavy atom. The van der Waals surface area contributed by atoms with Crippen LogP contribution in [0.15, 0.2) is 146 Å². The summed E-state index contributed by atoms with van der Waals surface area (Å²) in [5.41, 5.74) is 14.3. The molecule has 2 aliphatic carbocycles. The van der Waals surface area contributed by atoms with E-state index in [-0.39, 0.29) is 0 Å². The van der Waals surface area contributed by atoms with Gasteiger partial charge in [0.05, 0.1) is 5.41 Å². The number of hydrogen-bond donors (Lipinski definition) is 0. The molecule has 44 heavy (non-hydrogen) atoms. The molecule has 0 saturated carbocycles. The van der Waals surface area contributed by atoms with Gasteiger partial charge in [-0.1, -0.05) is 140 Å². The maximum absolute atomic E-state index is 5.03. The first-order valence-electron chi connectivity index (χ1n) is 15.0. The van der Waals surface area contributed by atoms with Gasteiger partial charge in [0.1, 0.15) is 5.82 Å². The van der Waals surface area contributed by atoms with Crippen molar-refractivity contribution in [1.82, 2.24) is 15.0 Å². The second-order valence-electron chi connectivity index (χ2n) is 11.6. The van der Waals surface area contributed by atoms with Gasteiger partial charge < -0.3 is 0 Å². The molecule has 3 nitrogen and oxygen atoms in total. The molecule has 6 aromatic carbocycles. The number of aryl methyl sites for hydroxylation is 1. The van der Waals surface area contributed by atoms with E-state index in [2.05, 4.69) is 140 Å². The number of benzene rings is 6. The quantitative estimate of drug-likeness (QED) is 0.216. The Hall–Kier alpha value is -5.67. The fourth-order valence-corrected chi connectivity index (χ4v) is 7.42. The first-order chi connectivity index (χ1) is 21.7. The van der Waals surface area contributed by atoms with E-state index in [1.165, 1.54) is 55.6 Å². The second-order valence-corrected chi connectivity index (χ2v) is 11.6. The Balaban J connectivity index is 1.22. The Kier molecular flexibility index (Phi) is 5.33. The van der Waals surface area contributed by atoms with Crippen molar-refractivity contribution in [3.63, 3.8) is 0 Å². The molecule has 206 valence electrons. The zero-order valence-electron chi connectivity index (χ0n) is 24.2. The standard InChI is InChI=1S/C41H27N3/c1-26-42-39(29-21-19-28(20-22-29)27-11-3-2-4-12-27)44-40(43-26)30-23-24-34-33-15-7-10-18-37(33)41(38(34)25-30)35-16-8-5-13-31(35)32-14-6-9-17-36(32)41/h2-25H,1H3. The largest absolute Gasteiger partial charge is 0.213 e. The molecule has 0 unspecified atom stereocenters. The molecule has 0 radical (unpaired) electrons. The molecule has 1 aromatic heterocycles. The van der Waals surface area contributed by atoms with Crippen LogP contribution in [0.3, 0.4) is 0 Å². The monoisotopic (exact) mass is 561 g/mol. The normalized spacial score (nSPS) is 13.3. The topological polar surface area (TPSA) is 38.7 Å². The molecule has 0 atom stereocenters. The van der Waals surface area contributed by atoms with Gasteiger partial charge in [-0.2, -0.15) is 0 Å². The fourth-order valence-electron chi connectivity index (χ4n) is 7.42. The third kappa shape index (κ3) is 3.47. The lowest BCUT2D eigenvalue weighted by Gasteiger charge is -2.30. The number of rotatable bonds is 3. The van der Waals surface area contributed by atoms with Crippen LogP contribution in [0.5, 0.6) is 0 Å². The first kappa shape index (κ1) is 24.9. The van der Waals surface area contributed by atoms with Crippen molar-refractivity contribution >= 4 is 0 Å². The van der Waals surface area contributed by atoms with Crippen molar-refractivity contribution < 1.29 is 0 Å². The van der Waals surface area contributed by atoms with Crippen LogP contribution >= 0.6 is 0 Å². The van der Waals surface area contributed by atoms with E-state index in [4.69, 9.17) is 15.0 Å². The van der Waals surface area contributed by atoms with Crippen LogP contribution < -0.4 is 0 Å². The van der Waals surface area contributed by atoms with Gasteiger partial charge in [-0.15, -0.1) is 0 Å². The summed E-state index contributed by atoms with van der Waals surface area (Å²) >= 11 is 0. The van der Waals surface area contributed by atoms with Gasteiger partial charge in [-0.3, -0.25) is 0 Å². The Morgan fingerprint density at radius 1 is 0.364 bits per heavy atom. The third-order valence-corrected chi connectivity index (χ3v) is 9.25. The highest BCUT2D eigenvalue weighted by Crippen LogP contribution is 2.62. The maximum Gasteiger partial charge on any atom is 0.163 e. The molecule has 0 N–H and O–H groups in total. The lowest BCUT2D eigenvalue weighted by atomic mass is 9.70. The van der Waals surface area contributed by atoms with Gasteiger partial charge in [-0.05, 0) is 68.6 Å². The maximum atomic E-state index is 5.03. The lowest BCUT2D eigenvalue weighted by molar-refractivity contribution is 0.794. The molecule has 0 amide bonds. The van der Waals surface area contributed by atoms with Gasteiger partial charge in [-0.25, -0.2) is 15.0 Å². The first-order valence-corrected chi connectivity index (χ1v) is 15.0. The van der Waals surface area contributed by atoms with Crippen LogP contribution in [0, 0.1) is 6.92 Å². The van der Waals surface area contributed by atoms with Gasteiger partial charge in [0.15, 0.2) is 11.6 Å². The van der Waals surface area contributed by atoms with E-state index < -0.39 is 5.41 Å². The molecule has 7 aromatic rings. The minimum Gasteiger partial charge on any atom is -0.213 e. The average molecular weight is 562 g/mol. The smallest absolute Gasteiger partial charge is 0.163 e. The number of hydrogen-bond acceptors (Lipinski definition) is 3. The van der Waals surface area contributed by atoms with E-state index in [0.717, 1.165) is 11.1 Å². The predicted molar refractivity (Wildman–Crippen MR) is 177 cm³/mol. The summed E-state index contributed by atoms with van der Waals surface area (Å²) in [7, 11) is 0. The van der Waals surface area contributed by atoms with E-state index in [0.29, 0.717) is 17.5 Å². The van der Waals surface area contributed by atoms with Gasteiger partial charge >= 0.3 is 0 Å². The highest BCUT2D eigenvalue weighted by Gasteiger charge is 2.51. The summed E-state index contributed by atoms with van der Waals surface area (Å²) in [6, 6.07) is 52.3. The molecular formula is C41H27N3. The predicted octanol–water partition coefficient (Wildman–Crippen LogP) is 9.52. The molecule has 0 saturated heterocycles. The highest BCUT2D eigenvalue weighted by molar-refractivity contribution is 5.95. The summed E-state index contributed by atoms with van der Waals surface area (Å²) in [5, 5.41) is 0. The van der Waals surface area contributed by atoms with E-state index in [1.54, 1.807) is 0 Å². The van der Waals surface area contributed by atoms with E-state index in [1.807, 2.05) is 13.0 Å². The second kappa shape index (κ2) is 9.42. The summed E-state index contributed by atoms with van der Waals surface area (Å²) in [5.74, 6) is 2.07. The van der Waals surface area contributed by atoms with Gasteiger partial charge in [0.2, 0.25) is 0 Å². The summed E-state index contributed by atoms with van der Waals surface area (Å²) in [6.45, 7) is 1.95. The SMILES string of the molecule is Cc1nc(-c2ccc(-c3ccccc3)cc2)nc(-c2ccc3c(c2)C2(c4ccccc4-c4ccccc42)c2ccccc2-3)n1. The summed E-state index contributed by atoms with van der Waals surface area (Å²) < 4.78 is 0. The molecule has 2 aliphatic rings. The molecule has 9 rings (SSSR count). The van der Waals surface area contributed by atoms with Crippen LogP contribution in [-0.2, 0) is 5.41 Å². The molecule has 3 heteroatoms. The number of aromatic nitrogens is 3. The minimum absolute atomic E-state index is 0.396. The molecule has 1 spiro atoms. The molecule has 0 fully saturated rings. The van der Waals surface area contributed by atoms with Crippen molar-refractivity contribution in [2.45, 2.75) is 12.3 Å². The van der Waals surface area contributed by atoms with Crippen LogP contribution in [0.25, 0.3) is 56.2 Å². The van der Waals surface area contributed by atoms with E-state index in [9.17, 15) is 0 Å². The van der Waals surface area contributed by atoms with Crippen molar-refractivity contribution in [1.29, 1.82) is 0 Å². The molecule has 0 aliphatic heterocycles. The van der Waals surface area contributed by atoms with Crippen LogP contribution in [0.2, 0.25) is 0 Å². The Labute approximate surface area is 256 Å². The fraction of sp³-hybridized carbons (Fsp3) is 0.0488.